The van der Waals surface area contributed by atoms with E-state index in [0.29, 0.717) is 23.8 Å². The van der Waals surface area contributed by atoms with Crippen LogP contribution in [0, 0.1) is 5.92 Å². The standard InChI is InChI=1S/C16H26N4O3S.ClH/c1-4-18-14-8-7-13(24(22,23)20(2)3)9-15(14)19-16(21)11-17-10-12-5-6-12;/h7-9,12,17-18H,4-6,10-11H2,1-3H3,(H,19,21);1H. The minimum atomic E-state index is -3.55. The highest BCUT2D eigenvalue weighted by molar-refractivity contribution is 7.89. The van der Waals surface area contributed by atoms with E-state index in [1.54, 1.807) is 6.07 Å². The Morgan fingerprint density at radius 2 is 1.92 bits per heavy atom. The van der Waals surface area contributed by atoms with Crippen molar-refractivity contribution in [1.82, 2.24) is 9.62 Å². The fourth-order valence-corrected chi connectivity index (χ4v) is 3.18. The molecule has 0 atom stereocenters. The molecule has 0 radical (unpaired) electrons. The Hall–Kier alpha value is -1.35. The number of amides is 1. The Kier molecular flexibility index (Phi) is 8.14. The van der Waals surface area contributed by atoms with Crippen LogP contribution < -0.4 is 16.0 Å². The van der Waals surface area contributed by atoms with Crippen molar-refractivity contribution in [2.45, 2.75) is 24.7 Å². The Bertz CT molecular complexity index is 691. The normalized spacial score (nSPS) is 14.1. The highest BCUT2D eigenvalue weighted by Gasteiger charge is 2.21. The quantitative estimate of drug-likeness (QED) is 0.597. The van der Waals surface area contributed by atoms with Crippen molar-refractivity contribution >= 4 is 39.7 Å². The van der Waals surface area contributed by atoms with Crippen molar-refractivity contribution in [3.63, 3.8) is 0 Å². The summed E-state index contributed by atoms with van der Waals surface area (Å²) in [5.41, 5.74) is 1.17. The van der Waals surface area contributed by atoms with Gasteiger partial charge in [0, 0.05) is 20.6 Å². The van der Waals surface area contributed by atoms with E-state index in [1.807, 2.05) is 6.92 Å². The molecule has 9 heteroatoms. The number of sulfonamides is 1. The van der Waals surface area contributed by atoms with Gasteiger partial charge in [-0.1, -0.05) is 0 Å². The maximum absolute atomic E-state index is 12.3. The maximum Gasteiger partial charge on any atom is 0.242 e. The Morgan fingerprint density at radius 1 is 1.24 bits per heavy atom. The molecule has 7 nitrogen and oxygen atoms in total. The molecule has 0 saturated heterocycles. The summed E-state index contributed by atoms with van der Waals surface area (Å²) >= 11 is 0. The van der Waals surface area contributed by atoms with Gasteiger partial charge in [0.05, 0.1) is 22.8 Å². The second-order valence-electron chi connectivity index (χ2n) is 6.15. The van der Waals surface area contributed by atoms with Crippen LogP contribution in [0.5, 0.6) is 0 Å². The molecule has 0 unspecified atom stereocenters. The van der Waals surface area contributed by atoms with Crippen molar-refractivity contribution in [3.8, 4) is 0 Å². The average Bonchev–Trinajstić information content (AvgIpc) is 3.33. The third-order valence-electron chi connectivity index (χ3n) is 3.83. The third-order valence-corrected chi connectivity index (χ3v) is 5.64. The first-order valence-corrected chi connectivity index (χ1v) is 9.59. The first kappa shape index (κ1) is 21.7. The summed E-state index contributed by atoms with van der Waals surface area (Å²) in [7, 11) is -0.589. The molecular weight excluding hydrogens is 364 g/mol. The van der Waals surface area contributed by atoms with Crippen LogP contribution in [-0.2, 0) is 14.8 Å². The molecule has 1 saturated carbocycles. The number of halogens is 1. The van der Waals surface area contributed by atoms with Gasteiger partial charge in [-0.2, -0.15) is 0 Å². The predicted molar refractivity (Wildman–Crippen MR) is 103 cm³/mol. The number of rotatable bonds is 9. The lowest BCUT2D eigenvalue weighted by molar-refractivity contribution is -0.115. The van der Waals surface area contributed by atoms with E-state index in [9.17, 15) is 13.2 Å². The van der Waals surface area contributed by atoms with Crippen molar-refractivity contribution in [2.24, 2.45) is 5.92 Å². The summed E-state index contributed by atoms with van der Waals surface area (Å²) in [4.78, 5) is 12.3. The first-order chi connectivity index (χ1) is 11.3. The summed E-state index contributed by atoms with van der Waals surface area (Å²) < 4.78 is 25.7. The fraction of sp³-hybridized carbons (Fsp3) is 0.562. The Labute approximate surface area is 156 Å². The molecule has 1 amide bonds. The molecule has 0 spiro atoms. The number of nitrogens with one attached hydrogen (secondary N) is 3. The van der Waals surface area contributed by atoms with E-state index in [1.165, 1.54) is 39.1 Å². The van der Waals surface area contributed by atoms with Crippen LogP contribution in [0.25, 0.3) is 0 Å². The molecule has 1 aromatic rings. The molecule has 1 aliphatic rings. The van der Waals surface area contributed by atoms with Gasteiger partial charge >= 0.3 is 0 Å². The number of nitrogens with zero attached hydrogens (tertiary/aromatic N) is 1. The Morgan fingerprint density at radius 3 is 2.48 bits per heavy atom. The number of carbonyl (C=O) groups excluding carboxylic acids is 1. The van der Waals surface area contributed by atoms with Crippen LogP contribution in [0.3, 0.4) is 0 Å². The van der Waals surface area contributed by atoms with Crippen LogP contribution >= 0.6 is 12.4 Å². The van der Waals surface area contributed by atoms with E-state index >= 15 is 0 Å². The van der Waals surface area contributed by atoms with E-state index in [0.717, 1.165) is 10.8 Å². The molecular formula is C16H27ClN4O3S. The van der Waals surface area contributed by atoms with Crippen LogP contribution in [0.4, 0.5) is 11.4 Å². The highest BCUT2D eigenvalue weighted by Crippen LogP contribution is 2.28. The van der Waals surface area contributed by atoms with Gasteiger partial charge in [-0.25, -0.2) is 12.7 Å². The molecule has 0 aliphatic heterocycles. The zero-order valence-electron chi connectivity index (χ0n) is 14.8. The molecule has 25 heavy (non-hydrogen) atoms. The second-order valence-corrected chi connectivity index (χ2v) is 8.30. The lowest BCUT2D eigenvalue weighted by atomic mass is 10.2. The monoisotopic (exact) mass is 390 g/mol. The molecule has 1 aromatic carbocycles. The number of anilines is 2. The highest BCUT2D eigenvalue weighted by atomic mass is 35.5. The van der Waals surface area contributed by atoms with Crippen LogP contribution in [0.15, 0.2) is 23.1 Å². The molecule has 0 heterocycles. The summed E-state index contributed by atoms with van der Waals surface area (Å²) in [6.07, 6.45) is 2.45. The van der Waals surface area contributed by atoms with Gasteiger partial charge in [-0.15, -0.1) is 12.4 Å². The minimum Gasteiger partial charge on any atom is -0.384 e. The largest absolute Gasteiger partial charge is 0.384 e. The fourth-order valence-electron chi connectivity index (χ4n) is 2.25. The lowest BCUT2D eigenvalue weighted by Gasteiger charge is -2.16. The number of hydrogen-bond donors (Lipinski definition) is 3. The number of hydrogen-bond acceptors (Lipinski definition) is 5. The van der Waals surface area contributed by atoms with Crippen LogP contribution in [0.1, 0.15) is 19.8 Å². The molecule has 1 aliphatic carbocycles. The van der Waals surface area contributed by atoms with Crippen molar-refractivity contribution in [1.29, 1.82) is 0 Å². The van der Waals surface area contributed by atoms with Gasteiger partial charge < -0.3 is 16.0 Å². The van der Waals surface area contributed by atoms with Gasteiger partial charge in [-0.05, 0) is 50.4 Å². The second kappa shape index (κ2) is 9.38. The zero-order chi connectivity index (χ0) is 17.7. The third kappa shape index (κ3) is 6.14. The SMILES string of the molecule is CCNc1ccc(S(=O)(=O)N(C)C)cc1NC(=O)CNCC1CC1.Cl. The van der Waals surface area contributed by atoms with Crippen molar-refractivity contribution < 1.29 is 13.2 Å². The smallest absolute Gasteiger partial charge is 0.242 e. The molecule has 2 rings (SSSR count). The average molecular weight is 391 g/mol. The summed E-state index contributed by atoms with van der Waals surface area (Å²) in [6.45, 7) is 3.67. The van der Waals surface area contributed by atoms with Crippen LogP contribution in [0.2, 0.25) is 0 Å². The molecule has 3 N–H and O–H groups in total. The summed E-state index contributed by atoms with van der Waals surface area (Å²) in [5, 5.41) is 9.05. The first-order valence-electron chi connectivity index (χ1n) is 8.15. The number of benzene rings is 1. The van der Waals surface area contributed by atoms with Gasteiger partial charge in [-0.3, -0.25) is 4.79 Å². The van der Waals surface area contributed by atoms with Gasteiger partial charge in [0.25, 0.3) is 0 Å². The van der Waals surface area contributed by atoms with E-state index in [-0.39, 0.29) is 29.8 Å². The van der Waals surface area contributed by atoms with Crippen molar-refractivity contribution in [2.75, 3.05) is 44.4 Å². The summed E-state index contributed by atoms with van der Waals surface area (Å²) in [6, 6.07) is 4.70. The van der Waals surface area contributed by atoms with E-state index in [2.05, 4.69) is 16.0 Å². The predicted octanol–water partition coefficient (Wildman–Crippen LogP) is 1.73. The van der Waals surface area contributed by atoms with Crippen molar-refractivity contribution in [3.05, 3.63) is 18.2 Å². The molecule has 142 valence electrons. The van der Waals surface area contributed by atoms with Crippen LogP contribution in [-0.4, -0.2) is 52.4 Å². The van der Waals surface area contributed by atoms with E-state index in [4.69, 9.17) is 0 Å². The molecule has 0 aromatic heterocycles. The van der Waals surface area contributed by atoms with E-state index < -0.39 is 10.0 Å². The minimum absolute atomic E-state index is 0. The Balaban J connectivity index is 0.00000312. The molecule has 0 bridgehead atoms. The van der Waals surface area contributed by atoms with Gasteiger partial charge in [0.15, 0.2) is 0 Å². The van der Waals surface area contributed by atoms with Gasteiger partial charge in [0.1, 0.15) is 0 Å². The number of carbonyl (C=O) groups is 1. The maximum atomic E-state index is 12.3. The zero-order valence-corrected chi connectivity index (χ0v) is 16.5. The van der Waals surface area contributed by atoms with Gasteiger partial charge in [0.2, 0.25) is 15.9 Å². The summed E-state index contributed by atoms with van der Waals surface area (Å²) in [5.74, 6) is 0.512. The lowest BCUT2D eigenvalue weighted by Crippen LogP contribution is -2.30. The topological polar surface area (TPSA) is 90.5 Å². The molecule has 1 fully saturated rings.